The first-order valence-corrected chi connectivity index (χ1v) is 7.76. The van der Waals surface area contributed by atoms with Crippen molar-refractivity contribution in [2.75, 3.05) is 0 Å². The highest BCUT2D eigenvalue weighted by Crippen LogP contribution is 2.41. The van der Waals surface area contributed by atoms with Crippen molar-refractivity contribution in [3.05, 3.63) is 47.7 Å². The van der Waals surface area contributed by atoms with E-state index in [0.717, 1.165) is 11.6 Å². The summed E-state index contributed by atoms with van der Waals surface area (Å²) in [5.74, 6) is -3.57. The molecule has 0 saturated heterocycles. The van der Waals surface area contributed by atoms with Crippen molar-refractivity contribution >= 4 is 9.84 Å². The molecule has 0 N–H and O–H groups in total. The van der Waals surface area contributed by atoms with Gasteiger partial charge in [-0.15, -0.1) is 0 Å². The van der Waals surface area contributed by atoms with Crippen LogP contribution in [0.2, 0.25) is 0 Å². The molecule has 2 aromatic rings. The number of rotatable bonds is 3. The topological polar surface area (TPSA) is 52.0 Å². The first-order chi connectivity index (χ1) is 9.91. The van der Waals surface area contributed by atoms with Gasteiger partial charge in [-0.25, -0.2) is 12.8 Å². The lowest BCUT2D eigenvalue weighted by Gasteiger charge is -2.12. The predicted molar refractivity (Wildman–Crippen MR) is 68.5 cm³/mol. The van der Waals surface area contributed by atoms with Crippen molar-refractivity contribution in [1.29, 1.82) is 0 Å². The van der Waals surface area contributed by atoms with Gasteiger partial charge in [0.2, 0.25) is 0 Å². The lowest BCUT2D eigenvalue weighted by atomic mass is 10.0. The van der Waals surface area contributed by atoms with E-state index in [1.54, 1.807) is 30.3 Å². The van der Waals surface area contributed by atoms with Crippen molar-refractivity contribution in [3.63, 3.8) is 0 Å². The van der Waals surface area contributed by atoms with E-state index in [4.69, 9.17) is 0 Å². The third-order valence-corrected chi connectivity index (χ3v) is 4.75. The maximum Gasteiger partial charge on any atom is 0.342 e. The number of hydrogen-bond donors (Lipinski definition) is 0. The molecule has 2 atom stereocenters. The van der Waals surface area contributed by atoms with Crippen LogP contribution in [0.3, 0.4) is 0 Å². The second kappa shape index (κ2) is 4.87. The van der Waals surface area contributed by atoms with Crippen LogP contribution in [0, 0.1) is 0 Å². The summed E-state index contributed by atoms with van der Waals surface area (Å²) in [6.07, 6.45) is -1.31. The fourth-order valence-electron chi connectivity index (χ4n) is 2.47. The van der Waals surface area contributed by atoms with Crippen molar-refractivity contribution in [3.8, 4) is 0 Å². The maximum absolute atomic E-state index is 14.0. The van der Waals surface area contributed by atoms with Crippen molar-refractivity contribution in [2.45, 2.75) is 29.4 Å². The number of hydrogen-bond acceptors (Lipinski definition) is 3. The quantitative estimate of drug-likeness (QED) is 0.875. The number of fused-ring (bicyclic) bond motifs is 1. The molecule has 0 radical (unpaired) electrons. The van der Waals surface area contributed by atoms with Crippen LogP contribution in [0.25, 0.3) is 0 Å². The van der Waals surface area contributed by atoms with E-state index in [2.05, 4.69) is 5.10 Å². The van der Waals surface area contributed by atoms with Gasteiger partial charge in [0, 0.05) is 12.5 Å². The van der Waals surface area contributed by atoms with Crippen LogP contribution in [0.15, 0.2) is 41.4 Å². The zero-order valence-corrected chi connectivity index (χ0v) is 11.5. The Labute approximate surface area is 119 Å². The summed E-state index contributed by atoms with van der Waals surface area (Å²) in [6, 6.07) is 9.25. The molecule has 1 aliphatic rings. The van der Waals surface area contributed by atoms with Crippen molar-refractivity contribution < 1.29 is 21.6 Å². The molecule has 0 amide bonds. The lowest BCUT2D eigenvalue weighted by Crippen LogP contribution is -2.14. The van der Waals surface area contributed by atoms with E-state index in [0.29, 0.717) is 0 Å². The van der Waals surface area contributed by atoms with Gasteiger partial charge in [0.05, 0.1) is 11.7 Å². The Morgan fingerprint density at radius 2 is 1.90 bits per heavy atom. The molecule has 0 spiro atoms. The normalized spacial score (nSPS) is 21.7. The van der Waals surface area contributed by atoms with E-state index in [9.17, 15) is 21.6 Å². The Hall–Kier alpha value is -1.83. The zero-order valence-electron chi connectivity index (χ0n) is 10.7. The van der Waals surface area contributed by atoms with Crippen molar-refractivity contribution in [2.24, 2.45) is 0 Å². The summed E-state index contributed by atoms with van der Waals surface area (Å²) < 4.78 is 63.2. The van der Waals surface area contributed by atoms with E-state index in [-0.39, 0.29) is 12.1 Å². The number of nitrogens with zero attached hydrogens (tertiary/aromatic N) is 2. The summed E-state index contributed by atoms with van der Waals surface area (Å²) in [5.41, 5.74) is 0.770. The molecule has 0 fully saturated rings. The number of alkyl halides is 3. The molecule has 0 aliphatic carbocycles. The Kier molecular flexibility index (Phi) is 3.27. The monoisotopic (exact) mass is 316 g/mol. The van der Waals surface area contributed by atoms with Crippen LogP contribution < -0.4 is 0 Å². The van der Waals surface area contributed by atoms with Gasteiger partial charge in [0.25, 0.3) is 9.84 Å². The fourth-order valence-corrected chi connectivity index (χ4v) is 3.14. The van der Waals surface area contributed by atoms with E-state index >= 15 is 0 Å². The fraction of sp³-hybridized carbons (Fsp3) is 0.308. The van der Waals surface area contributed by atoms with Crippen LogP contribution in [0.5, 0.6) is 0 Å². The van der Waals surface area contributed by atoms with Gasteiger partial charge in [-0.3, -0.25) is 4.68 Å². The first kappa shape index (κ1) is 14.1. The molecule has 1 aromatic carbocycles. The van der Waals surface area contributed by atoms with Gasteiger partial charge in [-0.2, -0.15) is 13.9 Å². The zero-order chi connectivity index (χ0) is 15.2. The molecule has 0 bridgehead atoms. The standard InChI is InChI=1S/C13H11F3N2O2S/c14-9-6-10(8-4-2-1-3-5-8)18-11(9)7-12(17-18)21(19,20)13(15)16/h1-5,7,9-10,13H,6H2/t9-,10-/m0/s1. The number of benzene rings is 1. The molecule has 1 aliphatic heterocycles. The average Bonchev–Trinajstić information content (AvgIpc) is 3.01. The van der Waals surface area contributed by atoms with E-state index < -0.39 is 32.8 Å². The molecule has 21 heavy (non-hydrogen) atoms. The number of sulfone groups is 1. The van der Waals surface area contributed by atoms with Gasteiger partial charge in [0.1, 0.15) is 6.17 Å². The average molecular weight is 316 g/mol. The molecular weight excluding hydrogens is 305 g/mol. The van der Waals surface area contributed by atoms with Gasteiger partial charge < -0.3 is 0 Å². The summed E-state index contributed by atoms with van der Waals surface area (Å²) in [6.45, 7) is 0. The smallest absolute Gasteiger partial charge is 0.258 e. The summed E-state index contributed by atoms with van der Waals surface area (Å²) >= 11 is 0. The van der Waals surface area contributed by atoms with Crippen LogP contribution in [0.1, 0.15) is 29.9 Å². The molecule has 4 nitrogen and oxygen atoms in total. The molecule has 0 unspecified atom stereocenters. The third kappa shape index (κ3) is 2.23. The van der Waals surface area contributed by atoms with Gasteiger partial charge in [-0.05, 0) is 5.56 Å². The minimum absolute atomic E-state index is 0.0167. The molecule has 112 valence electrons. The lowest BCUT2D eigenvalue weighted by molar-refractivity contribution is 0.234. The third-order valence-electron chi connectivity index (χ3n) is 3.50. The van der Waals surface area contributed by atoms with Gasteiger partial charge in [0.15, 0.2) is 5.03 Å². The van der Waals surface area contributed by atoms with Crippen molar-refractivity contribution in [1.82, 2.24) is 9.78 Å². The second-order valence-corrected chi connectivity index (χ2v) is 6.65. The minimum atomic E-state index is -4.82. The van der Waals surface area contributed by atoms with Crippen LogP contribution in [-0.2, 0) is 9.84 Å². The second-order valence-electron chi connectivity index (χ2n) is 4.79. The van der Waals surface area contributed by atoms with Crippen LogP contribution in [0.4, 0.5) is 13.2 Å². The highest BCUT2D eigenvalue weighted by atomic mass is 32.2. The molecule has 8 heteroatoms. The number of halogens is 3. The van der Waals surface area contributed by atoms with Crippen LogP contribution >= 0.6 is 0 Å². The maximum atomic E-state index is 14.0. The molecular formula is C13H11F3N2O2S. The Balaban J connectivity index is 2.07. The van der Waals surface area contributed by atoms with E-state index in [1.165, 1.54) is 4.68 Å². The highest BCUT2D eigenvalue weighted by Gasteiger charge is 2.38. The Bertz CT molecular complexity index is 759. The molecule has 1 aromatic heterocycles. The molecule has 2 heterocycles. The Morgan fingerprint density at radius 3 is 2.52 bits per heavy atom. The summed E-state index contributed by atoms with van der Waals surface area (Å²) in [5, 5.41) is 2.92. The van der Waals surface area contributed by atoms with Gasteiger partial charge in [-0.1, -0.05) is 30.3 Å². The first-order valence-electron chi connectivity index (χ1n) is 6.22. The highest BCUT2D eigenvalue weighted by molar-refractivity contribution is 7.91. The van der Waals surface area contributed by atoms with Gasteiger partial charge >= 0.3 is 5.76 Å². The van der Waals surface area contributed by atoms with Crippen LogP contribution in [-0.4, -0.2) is 24.0 Å². The molecule has 3 rings (SSSR count). The van der Waals surface area contributed by atoms with E-state index in [1.807, 2.05) is 0 Å². The summed E-state index contributed by atoms with van der Waals surface area (Å²) in [4.78, 5) is 0. The number of aromatic nitrogens is 2. The summed E-state index contributed by atoms with van der Waals surface area (Å²) in [7, 11) is -4.82. The SMILES string of the molecule is O=S(=O)(c1cc2n(n1)[C@H](c1ccccc1)C[C@@H]2F)C(F)F. The minimum Gasteiger partial charge on any atom is -0.258 e. The predicted octanol–water partition coefficient (Wildman–Crippen LogP) is 2.88. The molecule has 0 saturated carbocycles. The Morgan fingerprint density at radius 1 is 1.24 bits per heavy atom. The largest absolute Gasteiger partial charge is 0.342 e.